The molecule has 1 heterocycles. The highest BCUT2D eigenvalue weighted by Crippen LogP contribution is 2.55. The van der Waals surface area contributed by atoms with Gasteiger partial charge in [0.05, 0.1) is 0 Å². The van der Waals surface area contributed by atoms with Gasteiger partial charge in [0.25, 0.3) is 0 Å². The second-order valence-corrected chi connectivity index (χ2v) is 7.36. The molecule has 0 spiro atoms. The Hall–Kier alpha value is -0.890. The van der Waals surface area contributed by atoms with E-state index in [0.29, 0.717) is 5.54 Å². The number of hydrogen-bond acceptors (Lipinski definition) is 2. The van der Waals surface area contributed by atoms with Crippen molar-refractivity contribution in [3.05, 3.63) is 29.6 Å². The molecule has 2 heteroatoms. The van der Waals surface area contributed by atoms with Crippen LogP contribution in [0.15, 0.2) is 18.3 Å². The molecule has 4 aliphatic rings. The molecule has 1 aromatic heterocycles. The van der Waals surface area contributed by atoms with E-state index in [0.717, 1.165) is 30.0 Å². The van der Waals surface area contributed by atoms with Gasteiger partial charge in [0.15, 0.2) is 0 Å². The highest BCUT2D eigenvalue weighted by molar-refractivity contribution is 5.14. The van der Waals surface area contributed by atoms with E-state index in [1.807, 2.05) is 6.20 Å². The van der Waals surface area contributed by atoms with Crippen LogP contribution in [0, 0.1) is 24.7 Å². The second-order valence-electron chi connectivity index (χ2n) is 7.36. The lowest BCUT2D eigenvalue weighted by atomic mass is 9.53. The van der Waals surface area contributed by atoms with Crippen LogP contribution < -0.4 is 5.32 Å². The number of hydrogen-bond donors (Lipinski definition) is 1. The topological polar surface area (TPSA) is 24.9 Å². The highest BCUT2D eigenvalue weighted by Gasteiger charge is 2.50. The van der Waals surface area contributed by atoms with E-state index in [1.165, 1.54) is 44.1 Å². The summed E-state index contributed by atoms with van der Waals surface area (Å²) in [6.07, 6.45) is 10.9. The van der Waals surface area contributed by atoms with Crippen molar-refractivity contribution in [1.82, 2.24) is 10.3 Å². The quantitative estimate of drug-likeness (QED) is 0.896. The van der Waals surface area contributed by atoms with Gasteiger partial charge in [-0.15, -0.1) is 0 Å². The predicted molar refractivity (Wildman–Crippen MR) is 76.7 cm³/mol. The maximum Gasteiger partial charge on any atom is 0.0372 e. The van der Waals surface area contributed by atoms with E-state index in [-0.39, 0.29) is 0 Å². The zero-order valence-electron chi connectivity index (χ0n) is 11.9. The third-order valence-corrected chi connectivity index (χ3v) is 5.68. The van der Waals surface area contributed by atoms with E-state index >= 15 is 0 Å². The van der Waals surface area contributed by atoms with Crippen LogP contribution in [-0.4, -0.2) is 10.5 Å². The summed E-state index contributed by atoms with van der Waals surface area (Å²) in [5.41, 5.74) is 2.92. The first kappa shape index (κ1) is 11.9. The zero-order valence-corrected chi connectivity index (χ0v) is 11.9. The molecule has 5 rings (SSSR count). The van der Waals surface area contributed by atoms with Crippen molar-refractivity contribution >= 4 is 0 Å². The molecule has 0 amide bonds. The predicted octanol–water partition coefficient (Wildman–Crippen LogP) is 3.45. The monoisotopic (exact) mass is 256 g/mol. The molecule has 4 fully saturated rings. The third kappa shape index (κ3) is 2.20. The van der Waals surface area contributed by atoms with Crippen molar-refractivity contribution in [2.45, 2.75) is 57.5 Å². The SMILES string of the molecule is Cc1ccc(CNC23CC4CC(CC(C4)C2)C3)cn1. The molecule has 4 saturated carbocycles. The lowest BCUT2D eigenvalue weighted by Crippen LogP contribution is -2.58. The van der Waals surface area contributed by atoms with Gasteiger partial charge in [-0.3, -0.25) is 4.98 Å². The van der Waals surface area contributed by atoms with Gasteiger partial charge in [-0.2, -0.15) is 0 Å². The number of pyridine rings is 1. The summed E-state index contributed by atoms with van der Waals surface area (Å²) in [5, 5.41) is 3.92. The van der Waals surface area contributed by atoms with Crippen molar-refractivity contribution in [1.29, 1.82) is 0 Å². The summed E-state index contributed by atoms with van der Waals surface area (Å²) in [4.78, 5) is 4.40. The molecule has 1 aromatic rings. The third-order valence-electron chi connectivity index (χ3n) is 5.68. The molecule has 2 nitrogen and oxygen atoms in total. The average molecular weight is 256 g/mol. The van der Waals surface area contributed by atoms with Crippen molar-refractivity contribution < 1.29 is 0 Å². The summed E-state index contributed by atoms with van der Waals surface area (Å²) in [6.45, 7) is 3.05. The lowest BCUT2D eigenvalue weighted by Gasteiger charge is -2.57. The van der Waals surface area contributed by atoms with E-state index in [1.54, 1.807) is 0 Å². The molecule has 4 aliphatic carbocycles. The van der Waals surface area contributed by atoms with E-state index in [9.17, 15) is 0 Å². The summed E-state index contributed by atoms with van der Waals surface area (Å²) in [7, 11) is 0. The van der Waals surface area contributed by atoms with Gasteiger partial charge in [-0.05, 0) is 74.8 Å². The Kier molecular flexibility index (Phi) is 2.70. The summed E-state index contributed by atoms with van der Waals surface area (Å²) >= 11 is 0. The summed E-state index contributed by atoms with van der Waals surface area (Å²) < 4.78 is 0. The normalized spacial score (nSPS) is 39.7. The molecule has 0 unspecified atom stereocenters. The average Bonchev–Trinajstić information content (AvgIpc) is 2.36. The number of nitrogens with one attached hydrogen (secondary N) is 1. The molecule has 0 aromatic carbocycles. The minimum Gasteiger partial charge on any atom is -0.307 e. The molecular formula is C17H24N2. The molecule has 102 valence electrons. The van der Waals surface area contributed by atoms with E-state index in [2.05, 4.69) is 29.4 Å². The van der Waals surface area contributed by atoms with E-state index < -0.39 is 0 Å². The smallest absolute Gasteiger partial charge is 0.0372 e. The van der Waals surface area contributed by atoms with Crippen LogP contribution in [0.3, 0.4) is 0 Å². The number of aromatic nitrogens is 1. The molecule has 0 atom stereocenters. The Morgan fingerprint density at radius 2 is 1.74 bits per heavy atom. The molecule has 4 bridgehead atoms. The first-order chi connectivity index (χ1) is 9.21. The van der Waals surface area contributed by atoms with Gasteiger partial charge in [0.1, 0.15) is 0 Å². The van der Waals surface area contributed by atoms with Crippen LogP contribution in [-0.2, 0) is 6.54 Å². The molecule has 0 aliphatic heterocycles. The Labute approximate surface area is 116 Å². The van der Waals surface area contributed by atoms with Gasteiger partial charge < -0.3 is 5.32 Å². The van der Waals surface area contributed by atoms with Gasteiger partial charge in [-0.1, -0.05) is 6.07 Å². The van der Waals surface area contributed by atoms with Crippen molar-refractivity contribution in [3.8, 4) is 0 Å². The first-order valence-electron chi connectivity index (χ1n) is 7.87. The Bertz CT molecular complexity index is 427. The fourth-order valence-electron chi connectivity index (χ4n) is 5.22. The molecule has 0 saturated heterocycles. The van der Waals surface area contributed by atoms with Crippen molar-refractivity contribution in [2.24, 2.45) is 17.8 Å². The maximum absolute atomic E-state index is 4.40. The first-order valence-corrected chi connectivity index (χ1v) is 7.87. The van der Waals surface area contributed by atoms with Crippen molar-refractivity contribution in [3.63, 3.8) is 0 Å². The molecular weight excluding hydrogens is 232 g/mol. The number of aryl methyl sites for hydroxylation is 1. The lowest BCUT2D eigenvalue weighted by molar-refractivity contribution is -0.0206. The highest BCUT2D eigenvalue weighted by atomic mass is 15.0. The molecule has 1 N–H and O–H groups in total. The van der Waals surface area contributed by atoms with Gasteiger partial charge in [-0.25, -0.2) is 0 Å². The molecule has 0 radical (unpaired) electrons. The van der Waals surface area contributed by atoms with Crippen LogP contribution in [0.1, 0.15) is 49.8 Å². The van der Waals surface area contributed by atoms with Gasteiger partial charge in [0.2, 0.25) is 0 Å². The van der Waals surface area contributed by atoms with Crippen LogP contribution in [0.5, 0.6) is 0 Å². The minimum atomic E-state index is 0.472. The number of rotatable bonds is 3. The second kappa shape index (κ2) is 4.31. The minimum absolute atomic E-state index is 0.472. The standard InChI is InChI=1S/C17H24N2/c1-12-2-3-13(10-18-12)11-19-17-7-14-4-15(8-17)6-16(5-14)9-17/h2-3,10,14-16,19H,4-9,11H2,1H3. The van der Waals surface area contributed by atoms with Crippen molar-refractivity contribution in [2.75, 3.05) is 0 Å². The Balaban J connectivity index is 1.46. The van der Waals surface area contributed by atoms with Crippen LogP contribution in [0.4, 0.5) is 0 Å². The Morgan fingerprint density at radius 3 is 2.26 bits per heavy atom. The van der Waals surface area contributed by atoms with Crippen LogP contribution >= 0.6 is 0 Å². The summed E-state index contributed by atoms with van der Waals surface area (Å²) in [5.74, 6) is 3.07. The fourth-order valence-corrected chi connectivity index (χ4v) is 5.22. The fraction of sp³-hybridized carbons (Fsp3) is 0.706. The largest absolute Gasteiger partial charge is 0.307 e. The van der Waals surface area contributed by atoms with Crippen LogP contribution in [0.2, 0.25) is 0 Å². The molecule has 19 heavy (non-hydrogen) atoms. The zero-order chi connectivity index (χ0) is 12.9. The van der Waals surface area contributed by atoms with Crippen LogP contribution in [0.25, 0.3) is 0 Å². The van der Waals surface area contributed by atoms with Gasteiger partial charge in [0, 0.05) is 24.0 Å². The number of nitrogens with zero attached hydrogens (tertiary/aromatic N) is 1. The Morgan fingerprint density at radius 1 is 1.11 bits per heavy atom. The summed E-state index contributed by atoms with van der Waals surface area (Å²) in [6, 6.07) is 4.34. The maximum atomic E-state index is 4.40. The van der Waals surface area contributed by atoms with E-state index in [4.69, 9.17) is 0 Å². The van der Waals surface area contributed by atoms with Gasteiger partial charge >= 0.3 is 0 Å².